The first-order valence-corrected chi connectivity index (χ1v) is 9.53. The molecule has 0 aliphatic carbocycles. The summed E-state index contributed by atoms with van der Waals surface area (Å²) in [6, 6.07) is 15.6. The van der Waals surface area contributed by atoms with E-state index in [9.17, 15) is 9.59 Å². The zero-order chi connectivity index (χ0) is 19.9. The van der Waals surface area contributed by atoms with Gasteiger partial charge >= 0.3 is 0 Å². The second-order valence-electron chi connectivity index (χ2n) is 7.06. The Kier molecular flexibility index (Phi) is 6.66. The van der Waals surface area contributed by atoms with Crippen LogP contribution in [0.2, 0.25) is 0 Å². The van der Waals surface area contributed by atoms with E-state index in [-0.39, 0.29) is 11.8 Å². The van der Waals surface area contributed by atoms with Crippen molar-refractivity contribution < 1.29 is 14.3 Å². The number of ether oxygens (including phenoxy) is 1. The number of carbonyl (C=O) groups excluding carboxylic acids is 2. The van der Waals surface area contributed by atoms with E-state index in [1.807, 2.05) is 41.3 Å². The molecule has 0 unspecified atom stereocenters. The van der Waals surface area contributed by atoms with Crippen molar-refractivity contribution in [3.63, 3.8) is 0 Å². The van der Waals surface area contributed by atoms with Crippen LogP contribution >= 0.6 is 0 Å². The van der Waals surface area contributed by atoms with E-state index in [0.29, 0.717) is 6.42 Å². The molecule has 2 aromatic rings. The standard InChI is InChI=1S/C22H27N3O3/c1-17(26)23-20-7-3-18(4-8-20)15-22(27)25-13-11-24(12-14-25)16-19-5-9-21(28-2)10-6-19/h3-10H,11-16H2,1-2H3,(H,23,26). The fourth-order valence-electron chi connectivity index (χ4n) is 3.34. The minimum atomic E-state index is -0.101. The van der Waals surface area contributed by atoms with E-state index in [1.54, 1.807) is 7.11 Å². The van der Waals surface area contributed by atoms with Crippen molar-refractivity contribution in [2.24, 2.45) is 0 Å². The van der Waals surface area contributed by atoms with Gasteiger partial charge in [-0.2, -0.15) is 0 Å². The quantitative estimate of drug-likeness (QED) is 0.835. The first-order chi connectivity index (χ1) is 13.5. The van der Waals surface area contributed by atoms with Gasteiger partial charge < -0.3 is 15.0 Å². The number of nitrogens with zero attached hydrogens (tertiary/aromatic N) is 2. The Hall–Kier alpha value is -2.86. The van der Waals surface area contributed by atoms with Crippen molar-refractivity contribution in [1.29, 1.82) is 0 Å². The van der Waals surface area contributed by atoms with Gasteiger partial charge in [0.1, 0.15) is 5.75 Å². The number of rotatable bonds is 6. The van der Waals surface area contributed by atoms with Crippen LogP contribution in [0, 0.1) is 0 Å². The highest BCUT2D eigenvalue weighted by Gasteiger charge is 2.21. The SMILES string of the molecule is COc1ccc(CN2CCN(C(=O)Cc3ccc(NC(C)=O)cc3)CC2)cc1. The summed E-state index contributed by atoms with van der Waals surface area (Å²) >= 11 is 0. The number of methoxy groups -OCH3 is 1. The molecule has 0 saturated carbocycles. The Labute approximate surface area is 166 Å². The van der Waals surface area contributed by atoms with Gasteiger partial charge in [0.15, 0.2) is 0 Å². The molecule has 1 N–H and O–H groups in total. The van der Waals surface area contributed by atoms with Gasteiger partial charge in [-0.15, -0.1) is 0 Å². The Morgan fingerprint density at radius 1 is 0.929 bits per heavy atom. The number of anilines is 1. The number of hydrogen-bond donors (Lipinski definition) is 1. The van der Waals surface area contributed by atoms with Crippen molar-refractivity contribution in [1.82, 2.24) is 9.80 Å². The minimum Gasteiger partial charge on any atom is -0.497 e. The molecule has 0 atom stereocenters. The second kappa shape index (κ2) is 9.37. The molecule has 2 aromatic carbocycles. The van der Waals surface area contributed by atoms with E-state index in [0.717, 1.165) is 49.7 Å². The molecule has 0 spiro atoms. The average molecular weight is 381 g/mol. The molecule has 1 saturated heterocycles. The maximum absolute atomic E-state index is 12.6. The highest BCUT2D eigenvalue weighted by Crippen LogP contribution is 2.15. The smallest absolute Gasteiger partial charge is 0.227 e. The van der Waals surface area contributed by atoms with E-state index < -0.39 is 0 Å². The summed E-state index contributed by atoms with van der Waals surface area (Å²) in [6.07, 6.45) is 0.388. The Morgan fingerprint density at radius 2 is 1.54 bits per heavy atom. The minimum absolute atomic E-state index is 0.101. The maximum atomic E-state index is 12.6. The number of nitrogens with one attached hydrogen (secondary N) is 1. The molecule has 1 aliphatic heterocycles. The van der Waals surface area contributed by atoms with Gasteiger partial charge in [-0.05, 0) is 35.4 Å². The first-order valence-electron chi connectivity index (χ1n) is 9.53. The van der Waals surface area contributed by atoms with Gasteiger partial charge in [0.2, 0.25) is 11.8 Å². The molecular formula is C22H27N3O3. The lowest BCUT2D eigenvalue weighted by atomic mass is 10.1. The zero-order valence-electron chi connectivity index (χ0n) is 16.5. The summed E-state index contributed by atoms with van der Waals surface area (Å²) < 4.78 is 5.20. The largest absolute Gasteiger partial charge is 0.497 e. The highest BCUT2D eigenvalue weighted by molar-refractivity contribution is 5.88. The van der Waals surface area contributed by atoms with Gasteiger partial charge in [0.05, 0.1) is 13.5 Å². The molecule has 2 amide bonds. The van der Waals surface area contributed by atoms with Crippen LogP contribution in [-0.2, 0) is 22.6 Å². The van der Waals surface area contributed by atoms with Crippen LogP contribution in [0.15, 0.2) is 48.5 Å². The summed E-state index contributed by atoms with van der Waals surface area (Å²) in [5.41, 5.74) is 2.95. The fraction of sp³-hybridized carbons (Fsp3) is 0.364. The lowest BCUT2D eigenvalue weighted by Crippen LogP contribution is -2.48. The number of hydrogen-bond acceptors (Lipinski definition) is 4. The number of benzene rings is 2. The van der Waals surface area contributed by atoms with Crippen molar-refractivity contribution in [3.05, 3.63) is 59.7 Å². The van der Waals surface area contributed by atoms with Crippen molar-refractivity contribution >= 4 is 17.5 Å². The predicted octanol–water partition coefficient (Wildman–Crippen LogP) is 2.54. The maximum Gasteiger partial charge on any atom is 0.227 e. The predicted molar refractivity (Wildman–Crippen MR) is 109 cm³/mol. The number of piperazine rings is 1. The third kappa shape index (κ3) is 5.57. The van der Waals surface area contributed by atoms with Gasteiger partial charge in [-0.1, -0.05) is 24.3 Å². The molecule has 6 nitrogen and oxygen atoms in total. The van der Waals surface area contributed by atoms with Gasteiger partial charge in [0, 0.05) is 45.3 Å². The molecular weight excluding hydrogens is 354 g/mol. The molecule has 0 bridgehead atoms. The van der Waals surface area contributed by atoms with Crippen LogP contribution in [0.4, 0.5) is 5.69 Å². The summed E-state index contributed by atoms with van der Waals surface area (Å²) in [6.45, 7) is 5.61. The molecule has 1 fully saturated rings. The van der Waals surface area contributed by atoms with Crippen molar-refractivity contribution in [2.45, 2.75) is 19.9 Å². The van der Waals surface area contributed by atoms with E-state index in [4.69, 9.17) is 4.74 Å². The van der Waals surface area contributed by atoms with Crippen molar-refractivity contribution in [2.75, 3.05) is 38.6 Å². The average Bonchev–Trinajstić information content (AvgIpc) is 2.70. The number of amides is 2. The molecule has 6 heteroatoms. The van der Waals surface area contributed by atoms with Crippen molar-refractivity contribution in [3.8, 4) is 5.75 Å². The van der Waals surface area contributed by atoms with Gasteiger partial charge in [0.25, 0.3) is 0 Å². The normalized spacial score (nSPS) is 14.6. The summed E-state index contributed by atoms with van der Waals surface area (Å²) in [5.74, 6) is 0.914. The van der Waals surface area contributed by atoms with Crippen LogP contribution in [0.25, 0.3) is 0 Å². The van der Waals surface area contributed by atoms with Crippen LogP contribution in [0.5, 0.6) is 5.75 Å². The lowest BCUT2D eigenvalue weighted by Gasteiger charge is -2.35. The van der Waals surface area contributed by atoms with Gasteiger partial charge in [-0.3, -0.25) is 14.5 Å². The Balaban J connectivity index is 1.46. The molecule has 1 heterocycles. The van der Waals surface area contributed by atoms with Gasteiger partial charge in [-0.25, -0.2) is 0 Å². The topological polar surface area (TPSA) is 61.9 Å². The third-order valence-electron chi connectivity index (χ3n) is 4.92. The molecule has 0 radical (unpaired) electrons. The highest BCUT2D eigenvalue weighted by atomic mass is 16.5. The Morgan fingerprint density at radius 3 is 2.11 bits per heavy atom. The van der Waals surface area contributed by atoms with E-state index in [2.05, 4.69) is 22.3 Å². The first kappa shape index (κ1) is 19.9. The summed E-state index contributed by atoms with van der Waals surface area (Å²) in [7, 11) is 1.67. The molecule has 28 heavy (non-hydrogen) atoms. The fourth-order valence-corrected chi connectivity index (χ4v) is 3.34. The lowest BCUT2D eigenvalue weighted by molar-refractivity contribution is -0.132. The Bertz CT molecular complexity index is 795. The molecule has 1 aliphatic rings. The van der Waals surface area contributed by atoms with Crippen LogP contribution in [-0.4, -0.2) is 54.9 Å². The van der Waals surface area contributed by atoms with E-state index >= 15 is 0 Å². The third-order valence-corrected chi connectivity index (χ3v) is 4.92. The number of carbonyl (C=O) groups is 2. The van der Waals surface area contributed by atoms with Crippen LogP contribution < -0.4 is 10.1 Å². The summed E-state index contributed by atoms with van der Waals surface area (Å²) in [5, 5.41) is 2.73. The van der Waals surface area contributed by atoms with E-state index in [1.165, 1.54) is 12.5 Å². The summed E-state index contributed by atoms with van der Waals surface area (Å²) in [4.78, 5) is 28.0. The van der Waals surface area contributed by atoms with Crippen LogP contribution in [0.1, 0.15) is 18.1 Å². The second-order valence-corrected chi connectivity index (χ2v) is 7.06. The zero-order valence-corrected chi connectivity index (χ0v) is 16.5. The molecule has 148 valence electrons. The molecule has 3 rings (SSSR count). The van der Waals surface area contributed by atoms with Crippen LogP contribution in [0.3, 0.4) is 0 Å². The molecule has 0 aromatic heterocycles. The monoisotopic (exact) mass is 381 g/mol.